The summed E-state index contributed by atoms with van der Waals surface area (Å²) in [4.78, 5) is 4.79. The first-order valence-electron chi connectivity index (χ1n) is 8.92. The number of hydrogen-bond donors (Lipinski definition) is 2. The second-order valence-corrected chi connectivity index (χ2v) is 7.22. The minimum absolute atomic E-state index is 0.465. The Labute approximate surface area is 160 Å². The molecule has 1 aromatic carbocycles. The SMILES string of the molecule is C/C(N)=C(\Cl)c1c(-c2ccccc2)nn(CCN2CCN(C)CC2)c1N. The van der Waals surface area contributed by atoms with Gasteiger partial charge in [0.2, 0.25) is 0 Å². The summed E-state index contributed by atoms with van der Waals surface area (Å²) in [6.07, 6.45) is 0. The number of rotatable bonds is 5. The topological polar surface area (TPSA) is 76.3 Å². The highest BCUT2D eigenvalue weighted by Gasteiger charge is 2.21. The van der Waals surface area contributed by atoms with E-state index in [-0.39, 0.29) is 0 Å². The average molecular weight is 375 g/mol. The summed E-state index contributed by atoms with van der Waals surface area (Å²) in [5.41, 5.74) is 15.4. The fraction of sp³-hybridized carbons (Fsp3) is 0.421. The van der Waals surface area contributed by atoms with Crippen molar-refractivity contribution < 1.29 is 0 Å². The van der Waals surface area contributed by atoms with Gasteiger partial charge in [-0.1, -0.05) is 41.9 Å². The molecule has 0 radical (unpaired) electrons. The smallest absolute Gasteiger partial charge is 0.131 e. The molecule has 0 amide bonds. The molecule has 1 aromatic heterocycles. The molecule has 0 saturated carbocycles. The maximum atomic E-state index is 6.49. The molecule has 0 spiro atoms. The lowest BCUT2D eigenvalue weighted by Crippen LogP contribution is -2.45. The molecule has 4 N–H and O–H groups in total. The molecule has 26 heavy (non-hydrogen) atoms. The Morgan fingerprint density at radius 2 is 1.77 bits per heavy atom. The molecule has 0 atom stereocenters. The quantitative estimate of drug-likeness (QED) is 0.839. The van der Waals surface area contributed by atoms with Gasteiger partial charge in [0.05, 0.1) is 17.1 Å². The van der Waals surface area contributed by atoms with E-state index in [1.165, 1.54) is 0 Å². The fourth-order valence-electron chi connectivity index (χ4n) is 3.16. The number of anilines is 1. The molecule has 140 valence electrons. The van der Waals surface area contributed by atoms with Crippen LogP contribution in [0.4, 0.5) is 5.82 Å². The average Bonchev–Trinajstić information content (AvgIpc) is 2.97. The lowest BCUT2D eigenvalue weighted by atomic mass is 10.1. The molecule has 6 nitrogen and oxygen atoms in total. The number of halogens is 1. The van der Waals surface area contributed by atoms with Crippen molar-refractivity contribution in [3.05, 3.63) is 41.6 Å². The third-order valence-corrected chi connectivity index (χ3v) is 5.32. The molecule has 1 fully saturated rings. The Bertz CT molecular complexity index is 771. The van der Waals surface area contributed by atoms with E-state index in [0.717, 1.165) is 56.1 Å². The number of nitrogen functional groups attached to an aromatic ring is 1. The highest BCUT2D eigenvalue weighted by Crippen LogP contribution is 2.35. The maximum Gasteiger partial charge on any atom is 0.131 e. The zero-order valence-corrected chi connectivity index (χ0v) is 16.2. The number of aromatic nitrogens is 2. The number of allylic oxidation sites excluding steroid dienone is 1. The van der Waals surface area contributed by atoms with Crippen LogP contribution in [0.5, 0.6) is 0 Å². The number of benzene rings is 1. The first-order valence-corrected chi connectivity index (χ1v) is 9.30. The predicted molar refractivity (Wildman–Crippen MR) is 109 cm³/mol. The number of likely N-dealkylation sites (N-methyl/N-ethyl adjacent to an activating group) is 1. The largest absolute Gasteiger partial charge is 0.401 e. The summed E-state index contributed by atoms with van der Waals surface area (Å²) >= 11 is 6.49. The van der Waals surface area contributed by atoms with Gasteiger partial charge < -0.3 is 16.4 Å². The van der Waals surface area contributed by atoms with E-state index >= 15 is 0 Å². The van der Waals surface area contributed by atoms with Crippen LogP contribution in [0.3, 0.4) is 0 Å². The highest BCUT2D eigenvalue weighted by molar-refractivity contribution is 6.50. The van der Waals surface area contributed by atoms with Gasteiger partial charge in [0.25, 0.3) is 0 Å². The third kappa shape index (κ3) is 4.03. The number of nitrogens with zero attached hydrogens (tertiary/aromatic N) is 4. The van der Waals surface area contributed by atoms with Crippen LogP contribution >= 0.6 is 11.6 Å². The minimum Gasteiger partial charge on any atom is -0.401 e. The summed E-state index contributed by atoms with van der Waals surface area (Å²) in [6, 6.07) is 9.94. The van der Waals surface area contributed by atoms with Gasteiger partial charge in [-0.15, -0.1) is 0 Å². The summed E-state index contributed by atoms with van der Waals surface area (Å²) in [7, 11) is 2.16. The molecule has 0 aliphatic carbocycles. The molecule has 7 heteroatoms. The molecule has 0 unspecified atom stereocenters. The van der Waals surface area contributed by atoms with Gasteiger partial charge in [-0.25, -0.2) is 4.68 Å². The zero-order chi connectivity index (χ0) is 18.7. The molecule has 2 aromatic rings. The van der Waals surface area contributed by atoms with Crippen molar-refractivity contribution in [3.8, 4) is 11.3 Å². The molecule has 3 rings (SSSR count). The number of piperazine rings is 1. The molecule has 1 aliphatic rings. The number of hydrogen-bond acceptors (Lipinski definition) is 5. The van der Waals surface area contributed by atoms with E-state index in [2.05, 4.69) is 16.8 Å². The van der Waals surface area contributed by atoms with Crippen molar-refractivity contribution in [2.24, 2.45) is 5.73 Å². The Kier molecular flexibility index (Phi) is 5.86. The molecular formula is C19H27ClN6. The van der Waals surface area contributed by atoms with E-state index in [1.54, 1.807) is 6.92 Å². The summed E-state index contributed by atoms with van der Waals surface area (Å²) in [6.45, 7) is 7.74. The Hall–Kier alpha value is -2.02. The summed E-state index contributed by atoms with van der Waals surface area (Å²) in [5.74, 6) is 0.563. The van der Waals surface area contributed by atoms with E-state index < -0.39 is 0 Å². The molecule has 1 aliphatic heterocycles. The van der Waals surface area contributed by atoms with Gasteiger partial charge in [-0.2, -0.15) is 5.10 Å². The maximum absolute atomic E-state index is 6.49. The zero-order valence-electron chi connectivity index (χ0n) is 15.5. The standard InChI is InChI=1S/C19H27ClN6/c1-14(21)17(20)16-18(15-6-4-3-5-7-15)23-26(19(16)22)13-12-25-10-8-24(2)9-11-25/h3-7H,8-13,21-22H2,1-2H3/b17-14+. The van der Waals surface area contributed by atoms with E-state index in [9.17, 15) is 0 Å². The van der Waals surface area contributed by atoms with Crippen LogP contribution in [-0.4, -0.2) is 59.4 Å². The second kappa shape index (κ2) is 8.12. The van der Waals surface area contributed by atoms with Gasteiger partial charge in [-0.3, -0.25) is 4.90 Å². The van der Waals surface area contributed by atoms with Crippen LogP contribution in [0, 0.1) is 0 Å². The van der Waals surface area contributed by atoms with Crippen LogP contribution in [0.2, 0.25) is 0 Å². The van der Waals surface area contributed by atoms with Gasteiger partial charge in [-0.05, 0) is 14.0 Å². The molecule has 0 bridgehead atoms. The second-order valence-electron chi connectivity index (χ2n) is 6.84. The predicted octanol–water partition coefficient (Wildman–Crippen LogP) is 2.27. The fourth-order valence-corrected chi connectivity index (χ4v) is 3.35. The Balaban J connectivity index is 1.88. The normalized spacial score (nSPS) is 17.3. The minimum atomic E-state index is 0.465. The van der Waals surface area contributed by atoms with Gasteiger partial charge in [0.15, 0.2) is 0 Å². The summed E-state index contributed by atoms with van der Waals surface area (Å²) in [5, 5.41) is 5.23. The lowest BCUT2D eigenvalue weighted by molar-refractivity contribution is 0.149. The van der Waals surface area contributed by atoms with Gasteiger partial charge in [0, 0.05) is 44.0 Å². The third-order valence-electron chi connectivity index (χ3n) is 4.83. The van der Waals surface area contributed by atoms with Crippen molar-refractivity contribution in [2.45, 2.75) is 13.5 Å². The van der Waals surface area contributed by atoms with Crippen molar-refractivity contribution in [2.75, 3.05) is 45.5 Å². The van der Waals surface area contributed by atoms with Gasteiger partial charge in [0.1, 0.15) is 11.5 Å². The van der Waals surface area contributed by atoms with Crippen molar-refractivity contribution in [1.82, 2.24) is 19.6 Å². The molecule has 1 saturated heterocycles. The van der Waals surface area contributed by atoms with Crippen molar-refractivity contribution in [3.63, 3.8) is 0 Å². The van der Waals surface area contributed by atoms with Crippen molar-refractivity contribution in [1.29, 1.82) is 0 Å². The lowest BCUT2D eigenvalue weighted by Gasteiger charge is -2.32. The molecular weight excluding hydrogens is 348 g/mol. The first-order chi connectivity index (χ1) is 12.5. The van der Waals surface area contributed by atoms with E-state index in [1.807, 2.05) is 35.0 Å². The monoisotopic (exact) mass is 374 g/mol. The van der Waals surface area contributed by atoms with Crippen LogP contribution < -0.4 is 11.5 Å². The number of nitrogens with two attached hydrogens (primary N) is 2. The Morgan fingerprint density at radius 1 is 1.12 bits per heavy atom. The highest BCUT2D eigenvalue weighted by atomic mass is 35.5. The van der Waals surface area contributed by atoms with Crippen molar-refractivity contribution >= 4 is 22.5 Å². The first kappa shape index (κ1) is 18.8. The Morgan fingerprint density at radius 3 is 2.38 bits per heavy atom. The van der Waals surface area contributed by atoms with Crippen LogP contribution in [0.25, 0.3) is 16.3 Å². The molecule has 2 heterocycles. The van der Waals surface area contributed by atoms with Gasteiger partial charge >= 0.3 is 0 Å². The summed E-state index contributed by atoms with van der Waals surface area (Å²) < 4.78 is 1.85. The van der Waals surface area contributed by atoms with E-state index in [0.29, 0.717) is 16.5 Å². The van der Waals surface area contributed by atoms with Crippen LogP contribution in [0.1, 0.15) is 12.5 Å². The van der Waals surface area contributed by atoms with Crippen LogP contribution in [-0.2, 0) is 6.54 Å². The van der Waals surface area contributed by atoms with Crippen LogP contribution in [0.15, 0.2) is 36.0 Å². The van der Waals surface area contributed by atoms with E-state index in [4.69, 9.17) is 28.2 Å².